The maximum absolute atomic E-state index is 8.17. The molecular weight excluding hydrogens is 124 g/mol. The Morgan fingerprint density at radius 3 is 1.43 bits per heavy atom. The Morgan fingerprint density at radius 2 is 1.43 bits per heavy atom. The summed E-state index contributed by atoms with van der Waals surface area (Å²) in [6.45, 7) is -0.729. The topological polar surface area (TPSA) is 60.7 Å². The first kappa shape index (κ1) is 11.0. The Labute approximate surface area is 72.0 Å². The van der Waals surface area contributed by atoms with E-state index in [4.69, 9.17) is 15.3 Å². The zero-order valence-electron chi connectivity index (χ0n) is 3.69. The van der Waals surface area contributed by atoms with Crippen molar-refractivity contribution in [3.8, 4) is 0 Å². The van der Waals surface area contributed by atoms with Crippen molar-refractivity contribution in [1.82, 2.24) is 0 Å². The average Bonchev–Trinajstić information content (AvgIpc) is 1.65. The average molecular weight is 132 g/mol. The number of aliphatic hydroxyl groups is 3. The minimum Gasteiger partial charge on any atom is -0.394 e. The van der Waals surface area contributed by atoms with Crippen LogP contribution in [0.1, 0.15) is 0 Å². The van der Waals surface area contributed by atoms with Gasteiger partial charge in [-0.2, -0.15) is 0 Å². The third-order valence-electron chi connectivity index (χ3n) is 0.421. The van der Waals surface area contributed by atoms with E-state index in [0.717, 1.165) is 0 Å². The van der Waals surface area contributed by atoms with Gasteiger partial charge in [0.05, 0.1) is 13.2 Å². The van der Waals surface area contributed by atoms with Gasteiger partial charge in [0.1, 0.15) is 6.10 Å². The zero-order chi connectivity index (χ0) is 4.99. The van der Waals surface area contributed by atoms with E-state index in [1.54, 1.807) is 0 Å². The van der Waals surface area contributed by atoms with Gasteiger partial charge in [0, 0.05) is 37.7 Å². The van der Waals surface area contributed by atoms with Crippen molar-refractivity contribution in [2.45, 2.75) is 6.10 Å². The molecule has 0 heterocycles. The first-order chi connectivity index (χ1) is 2.81. The molecule has 0 aromatic heterocycles. The summed E-state index contributed by atoms with van der Waals surface area (Å²) in [5.41, 5.74) is 0. The largest absolute Gasteiger partial charge is 0.394 e. The molecule has 0 spiro atoms. The van der Waals surface area contributed by atoms with E-state index in [1.165, 1.54) is 0 Å². The van der Waals surface area contributed by atoms with Crippen LogP contribution in [0, 0.1) is 37.7 Å². The Hall–Kier alpha value is 1.14. The molecule has 0 rings (SSSR count). The third-order valence-corrected chi connectivity index (χ3v) is 0.421. The van der Waals surface area contributed by atoms with Crippen molar-refractivity contribution in [3.63, 3.8) is 0 Å². The van der Waals surface area contributed by atoms with Crippen LogP contribution < -0.4 is 0 Å². The molecule has 0 saturated carbocycles. The Morgan fingerprint density at radius 1 is 1.14 bits per heavy atom. The van der Waals surface area contributed by atoms with Crippen molar-refractivity contribution in [2.75, 3.05) is 13.2 Å². The van der Waals surface area contributed by atoms with Crippen molar-refractivity contribution >= 4 is 0 Å². The molecule has 0 amide bonds. The molecule has 46 valence electrons. The second-order valence-corrected chi connectivity index (χ2v) is 1.02. The van der Waals surface area contributed by atoms with Gasteiger partial charge >= 0.3 is 0 Å². The Kier molecular flexibility index (Phi) is 11.2. The van der Waals surface area contributed by atoms with E-state index >= 15 is 0 Å². The Balaban J connectivity index is 0. The van der Waals surface area contributed by atoms with Gasteiger partial charge in [0.25, 0.3) is 0 Å². The van der Waals surface area contributed by atoms with Crippen molar-refractivity contribution in [1.29, 1.82) is 0 Å². The summed E-state index contributed by atoms with van der Waals surface area (Å²) in [6, 6.07) is 0. The van der Waals surface area contributed by atoms with Crippen LogP contribution in [0.2, 0.25) is 0 Å². The molecule has 4 heteroatoms. The van der Waals surface area contributed by atoms with Crippen LogP contribution in [0.4, 0.5) is 0 Å². The van der Waals surface area contributed by atoms with Gasteiger partial charge in [-0.15, -0.1) is 0 Å². The minimum absolute atomic E-state index is 0. The molecular formula is C3H8ArO3. The smallest absolute Gasteiger partial charge is 0.100 e. The van der Waals surface area contributed by atoms with E-state index in [1.807, 2.05) is 0 Å². The second kappa shape index (κ2) is 7.14. The predicted molar refractivity (Wildman–Crippen MR) is 20.2 cm³/mol. The van der Waals surface area contributed by atoms with Crippen LogP contribution in [-0.4, -0.2) is 34.6 Å². The molecule has 0 fully saturated rings. The van der Waals surface area contributed by atoms with E-state index < -0.39 is 6.10 Å². The molecule has 0 radical (unpaired) electrons. The molecule has 0 atom stereocenters. The number of hydrogen-bond acceptors (Lipinski definition) is 3. The van der Waals surface area contributed by atoms with E-state index in [0.29, 0.717) is 0 Å². The summed E-state index contributed by atoms with van der Waals surface area (Å²) in [4.78, 5) is 0. The molecule has 3 N–H and O–H groups in total. The minimum atomic E-state index is -0.954. The quantitative estimate of drug-likeness (QED) is 0.421. The van der Waals surface area contributed by atoms with Crippen LogP contribution in [0.5, 0.6) is 0 Å². The number of rotatable bonds is 2. The van der Waals surface area contributed by atoms with E-state index in [2.05, 4.69) is 0 Å². The molecule has 0 aliphatic carbocycles. The third kappa shape index (κ3) is 7.14. The van der Waals surface area contributed by atoms with Crippen LogP contribution in [0.3, 0.4) is 0 Å². The standard InChI is InChI=1S/C3H8O3.Ar/c4-1-3(6)2-5;/h3-6H,1-2H2;. The second-order valence-electron chi connectivity index (χ2n) is 1.02. The summed E-state index contributed by atoms with van der Waals surface area (Å²) in [6.07, 6.45) is -0.954. The fraction of sp³-hybridized carbons (Fsp3) is 1.00. The summed E-state index contributed by atoms with van der Waals surface area (Å²) >= 11 is 0. The number of hydrogen-bond donors (Lipinski definition) is 3. The predicted octanol–water partition coefficient (Wildman–Crippen LogP) is -1.67. The number of aliphatic hydroxyl groups excluding tert-OH is 3. The van der Waals surface area contributed by atoms with E-state index in [-0.39, 0.29) is 51.0 Å². The van der Waals surface area contributed by atoms with Gasteiger partial charge in [-0.3, -0.25) is 0 Å². The van der Waals surface area contributed by atoms with E-state index in [9.17, 15) is 0 Å². The molecule has 3 nitrogen and oxygen atoms in total. The molecule has 0 aliphatic rings. The summed E-state index contributed by atoms with van der Waals surface area (Å²) in [7, 11) is 0. The normalized spacial score (nSPS) is 8.57. The Bertz CT molecular complexity index is 29.4. The van der Waals surface area contributed by atoms with Gasteiger partial charge in [-0.25, -0.2) is 0 Å². The molecule has 0 unspecified atom stereocenters. The molecule has 0 aliphatic heterocycles. The van der Waals surface area contributed by atoms with Crippen LogP contribution in [0.25, 0.3) is 0 Å². The summed E-state index contributed by atoms with van der Waals surface area (Å²) in [5, 5.41) is 24.0. The van der Waals surface area contributed by atoms with Gasteiger partial charge in [0.15, 0.2) is 0 Å². The fourth-order valence-electron chi connectivity index (χ4n) is 0.0577. The van der Waals surface area contributed by atoms with Gasteiger partial charge in [0.2, 0.25) is 0 Å². The van der Waals surface area contributed by atoms with Crippen molar-refractivity contribution in [2.24, 2.45) is 0 Å². The SMILES string of the molecule is OCC(O)CO.[Ar]. The molecule has 0 aromatic rings. The summed E-state index contributed by atoms with van der Waals surface area (Å²) < 4.78 is 0. The zero-order valence-corrected chi connectivity index (χ0v) is 4.39. The molecule has 0 bridgehead atoms. The summed E-state index contributed by atoms with van der Waals surface area (Å²) in [5.74, 6) is 0. The van der Waals surface area contributed by atoms with Crippen molar-refractivity contribution in [3.05, 3.63) is 0 Å². The van der Waals surface area contributed by atoms with Gasteiger partial charge in [-0.1, -0.05) is 0 Å². The first-order valence-corrected chi connectivity index (χ1v) is 1.71. The van der Waals surface area contributed by atoms with Crippen LogP contribution in [-0.2, 0) is 0 Å². The fourth-order valence-corrected chi connectivity index (χ4v) is 0.0577. The molecule has 0 saturated heterocycles. The monoisotopic (exact) mass is 132 g/mol. The maximum Gasteiger partial charge on any atom is 0.100 e. The van der Waals surface area contributed by atoms with Crippen molar-refractivity contribution < 1.29 is 53.1 Å². The van der Waals surface area contributed by atoms with Gasteiger partial charge < -0.3 is 15.3 Å². The maximum atomic E-state index is 8.17. The first-order valence-electron chi connectivity index (χ1n) is 1.71. The van der Waals surface area contributed by atoms with Gasteiger partial charge in [-0.05, 0) is 0 Å². The molecule has 7 heavy (non-hydrogen) atoms. The van der Waals surface area contributed by atoms with Crippen LogP contribution >= 0.6 is 0 Å². The molecule has 0 aromatic carbocycles. The van der Waals surface area contributed by atoms with Crippen LogP contribution in [0.15, 0.2) is 0 Å².